The molecule has 5 heteroatoms. The van der Waals surface area contributed by atoms with Gasteiger partial charge in [-0.3, -0.25) is 11.1 Å². The molecular formula is C12H23N4O+. The Hall–Kier alpha value is -2.17. The largest absolute Gasteiger partial charge is 0.497 e. The molecule has 0 radical (unpaired) electrons. The second-order valence-corrected chi connectivity index (χ2v) is 3.01. The van der Waals surface area contributed by atoms with Gasteiger partial charge in [-0.25, -0.2) is 4.58 Å². The van der Waals surface area contributed by atoms with Gasteiger partial charge < -0.3 is 10.5 Å². The van der Waals surface area contributed by atoms with Crippen LogP contribution in [0, 0.1) is 0 Å². The van der Waals surface area contributed by atoms with E-state index >= 15 is 0 Å². The van der Waals surface area contributed by atoms with Crippen LogP contribution in [0.25, 0.3) is 0 Å². The third-order valence-electron chi connectivity index (χ3n) is 1.66. The van der Waals surface area contributed by atoms with E-state index in [-0.39, 0.29) is 0 Å². The normalized spacial score (nSPS) is 10.8. The zero-order chi connectivity index (χ0) is 13.8. The summed E-state index contributed by atoms with van der Waals surface area (Å²) in [5, 5.41) is 2.76. The van der Waals surface area contributed by atoms with E-state index in [0.29, 0.717) is 17.4 Å². The van der Waals surface area contributed by atoms with Crippen LogP contribution in [0.15, 0.2) is 49.5 Å². The van der Waals surface area contributed by atoms with Crippen LogP contribution >= 0.6 is 0 Å². The molecule has 0 fully saturated rings. The summed E-state index contributed by atoms with van der Waals surface area (Å²) in [7, 11) is 5.13. The molecule has 0 aromatic rings. The molecule has 0 aliphatic carbocycles. The summed E-state index contributed by atoms with van der Waals surface area (Å²) in [4.78, 5) is 0. The Morgan fingerprint density at radius 1 is 1.29 bits per heavy atom. The lowest BCUT2D eigenvalue weighted by Crippen LogP contribution is -2.34. The summed E-state index contributed by atoms with van der Waals surface area (Å²) < 4.78 is 6.42. The third kappa shape index (κ3) is 11.8. The van der Waals surface area contributed by atoms with Gasteiger partial charge in [0.2, 0.25) is 0 Å². The Bertz CT molecular complexity index is 329. The van der Waals surface area contributed by atoms with E-state index in [2.05, 4.69) is 25.1 Å². The van der Waals surface area contributed by atoms with Crippen LogP contribution < -0.4 is 16.8 Å². The predicted molar refractivity (Wildman–Crippen MR) is 73.3 cm³/mol. The minimum Gasteiger partial charge on any atom is -0.497 e. The summed E-state index contributed by atoms with van der Waals surface area (Å²) in [6.07, 6.45) is 4.92. The van der Waals surface area contributed by atoms with Crippen LogP contribution in [-0.2, 0) is 4.74 Å². The first-order valence-corrected chi connectivity index (χ1v) is 4.89. The van der Waals surface area contributed by atoms with Crippen molar-refractivity contribution in [2.75, 3.05) is 21.2 Å². The Kier molecular flexibility index (Phi) is 10.5. The van der Waals surface area contributed by atoms with Crippen molar-refractivity contribution in [3.05, 3.63) is 49.5 Å². The molecule has 0 aromatic carbocycles. The summed E-state index contributed by atoms with van der Waals surface area (Å²) in [6, 6.07) is 0. The minimum absolute atomic E-state index is 0.494. The average Bonchev–Trinajstić information content (AvgIpc) is 2.34. The fourth-order valence-electron chi connectivity index (χ4n) is 0.543. The first-order valence-electron chi connectivity index (χ1n) is 4.89. The van der Waals surface area contributed by atoms with Crippen LogP contribution in [0.3, 0.4) is 0 Å². The quantitative estimate of drug-likeness (QED) is 0.219. The Morgan fingerprint density at radius 3 is 2.06 bits per heavy atom. The van der Waals surface area contributed by atoms with E-state index < -0.39 is 0 Å². The van der Waals surface area contributed by atoms with Crippen LogP contribution in [-0.4, -0.2) is 31.7 Å². The highest BCUT2D eigenvalue weighted by Gasteiger charge is 1.92. The van der Waals surface area contributed by atoms with E-state index in [1.807, 2.05) is 7.05 Å². The van der Waals surface area contributed by atoms with Crippen LogP contribution in [0.2, 0.25) is 0 Å². The molecule has 0 rings (SSSR count). The molecular weight excluding hydrogens is 216 g/mol. The zero-order valence-corrected chi connectivity index (χ0v) is 10.9. The number of ether oxygens (including phenoxy) is 1. The number of nitrogens with two attached hydrogens (primary N) is 2. The van der Waals surface area contributed by atoms with Crippen molar-refractivity contribution in [3.8, 4) is 0 Å². The topological polar surface area (TPSA) is 76.3 Å². The molecule has 96 valence electrons. The zero-order valence-electron chi connectivity index (χ0n) is 10.9. The predicted octanol–water partition coefficient (Wildman–Crippen LogP) is 0.481. The maximum Gasteiger partial charge on any atom is 0.347 e. The lowest BCUT2D eigenvalue weighted by Gasteiger charge is -1.94. The second kappa shape index (κ2) is 10.4. The Morgan fingerprint density at radius 2 is 1.82 bits per heavy atom. The number of hydrogen-bond acceptors (Lipinski definition) is 2. The van der Waals surface area contributed by atoms with E-state index in [1.165, 1.54) is 0 Å². The van der Waals surface area contributed by atoms with Crippen molar-refractivity contribution in [3.63, 3.8) is 0 Å². The van der Waals surface area contributed by atoms with E-state index in [4.69, 9.17) is 16.2 Å². The number of hydrogen-bond donors (Lipinski definition) is 3. The molecule has 0 atom stereocenters. The minimum atomic E-state index is 0.494. The van der Waals surface area contributed by atoms with E-state index in [1.54, 1.807) is 37.1 Å². The van der Waals surface area contributed by atoms with Crippen molar-refractivity contribution in [2.45, 2.75) is 0 Å². The second-order valence-electron chi connectivity index (χ2n) is 3.01. The van der Waals surface area contributed by atoms with Gasteiger partial charge in [0.25, 0.3) is 0 Å². The van der Waals surface area contributed by atoms with Crippen molar-refractivity contribution in [1.82, 2.24) is 5.32 Å². The third-order valence-corrected chi connectivity index (χ3v) is 1.66. The molecule has 0 amide bonds. The Balaban J connectivity index is 0. The van der Waals surface area contributed by atoms with Gasteiger partial charge in [0, 0.05) is 5.70 Å². The lowest BCUT2D eigenvalue weighted by atomic mass is 10.4. The van der Waals surface area contributed by atoms with Crippen molar-refractivity contribution in [1.29, 1.82) is 0 Å². The first-order chi connectivity index (χ1) is 7.88. The standard InChI is InChI=1S/C7H11NO.C5H11N3/c1-6(8)4-5-7(2)9-3;1-4-8(3)5(6)7-2/h4-5H,1-2,8H2,3H3;4H,1H2,2-3H3,(H2,6,7)/p+1/b5-4-;. The molecule has 0 spiro atoms. The lowest BCUT2D eigenvalue weighted by molar-refractivity contribution is -0.424. The van der Waals surface area contributed by atoms with Gasteiger partial charge in [0.05, 0.1) is 27.4 Å². The van der Waals surface area contributed by atoms with Gasteiger partial charge in [0.1, 0.15) is 5.76 Å². The number of guanidine groups is 1. The van der Waals surface area contributed by atoms with Crippen molar-refractivity contribution in [2.24, 2.45) is 11.5 Å². The van der Waals surface area contributed by atoms with Gasteiger partial charge in [-0.1, -0.05) is 19.7 Å². The molecule has 0 aromatic heterocycles. The summed E-state index contributed by atoms with van der Waals surface area (Å²) >= 11 is 0. The number of nitrogens with one attached hydrogen (secondary N) is 1. The van der Waals surface area contributed by atoms with E-state index in [9.17, 15) is 0 Å². The summed E-state index contributed by atoms with van der Waals surface area (Å²) in [6.45, 7) is 10.5. The maximum absolute atomic E-state index is 5.39. The first kappa shape index (κ1) is 17.2. The number of rotatable bonds is 4. The molecule has 0 saturated heterocycles. The SMILES string of the molecule is C=C(N)/C=C\C(=C)OC.C=C[N+](C)=C(N)NC. The van der Waals surface area contributed by atoms with Crippen LogP contribution in [0.1, 0.15) is 0 Å². The molecule has 0 bridgehead atoms. The fraction of sp³-hybridized carbons (Fsp3) is 0.250. The van der Waals surface area contributed by atoms with Gasteiger partial charge >= 0.3 is 5.96 Å². The van der Waals surface area contributed by atoms with Crippen LogP contribution in [0.4, 0.5) is 0 Å². The molecule has 0 aliphatic heterocycles. The molecule has 0 saturated carbocycles. The summed E-state index contributed by atoms with van der Waals surface area (Å²) in [5.74, 6) is 1.17. The molecule has 5 nitrogen and oxygen atoms in total. The maximum atomic E-state index is 5.39. The Labute approximate surface area is 103 Å². The monoisotopic (exact) mass is 239 g/mol. The number of methoxy groups -OCH3 is 1. The van der Waals surface area contributed by atoms with Crippen molar-refractivity contribution < 1.29 is 9.31 Å². The highest BCUT2D eigenvalue weighted by Crippen LogP contribution is 1.93. The van der Waals surface area contributed by atoms with E-state index in [0.717, 1.165) is 0 Å². The molecule has 0 aliphatic rings. The van der Waals surface area contributed by atoms with Gasteiger partial charge in [-0.15, -0.1) is 0 Å². The fourth-order valence-corrected chi connectivity index (χ4v) is 0.543. The highest BCUT2D eigenvalue weighted by molar-refractivity contribution is 5.72. The van der Waals surface area contributed by atoms with Gasteiger partial charge in [-0.05, 0) is 12.2 Å². The number of nitrogens with zero attached hydrogens (tertiary/aromatic N) is 1. The smallest absolute Gasteiger partial charge is 0.347 e. The molecule has 17 heavy (non-hydrogen) atoms. The molecule has 0 unspecified atom stereocenters. The van der Waals surface area contributed by atoms with Gasteiger partial charge in [0.15, 0.2) is 0 Å². The molecule has 5 N–H and O–H groups in total. The van der Waals surface area contributed by atoms with Crippen LogP contribution in [0.5, 0.6) is 0 Å². The average molecular weight is 239 g/mol. The highest BCUT2D eigenvalue weighted by atomic mass is 16.5. The molecule has 0 heterocycles. The summed E-state index contributed by atoms with van der Waals surface area (Å²) in [5.41, 5.74) is 11.1. The van der Waals surface area contributed by atoms with Gasteiger partial charge in [-0.2, -0.15) is 0 Å². The van der Waals surface area contributed by atoms with Crippen molar-refractivity contribution >= 4 is 5.96 Å². The number of allylic oxidation sites excluding steroid dienone is 2.